The van der Waals surface area contributed by atoms with Crippen molar-refractivity contribution in [1.29, 1.82) is 0 Å². The van der Waals surface area contributed by atoms with Crippen LogP contribution in [0.2, 0.25) is 0 Å². The second kappa shape index (κ2) is 11.2. The number of nitrogens with zero attached hydrogens (tertiary/aromatic N) is 1. The second-order valence-corrected chi connectivity index (χ2v) is 9.27. The predicted molar refractivity (Wildman–Crippen MR) is 114 cm³/mol. The van der Waals surface area contributed by atoms with E-state index in [0.29, 0.717) is 25.1 Å². The minimum atomic E-state index is -3.91. The lowest BCUT2D eigenvalue weighted by Gasteiger charge is -2.22. The Balaban J connectivity index is 2.11. The molecule has 0 saturated carbocycles. The normalized spacial score (nSPS) is 11.8. The Morgan fingerprint density at radius 3 is 2.33 bits per heavy atom. The molecule has 6 nitrogen and oxygen atoms in total. The van der Waals surface area contributed by atoms with E-state index in [1.807, 2.05) is 20.8 Å². The number of benzene rings is 2. The number of aryl methyl sites for hydroxylation is 1. The summed E-state index contributed by atoms with van der Waals surface area (Å²) in [4.78, 5) is 12.5. The van der Waals surface area contributed by atoms with Gasteiger partial charge in [0.15, 0.2) is 0 Å². The lowest BCUT2D eigenvalue weighted by atomic mass is 10.2. The first-order valence-electron chi connectivity index (χ1n) is 9.88. The Labute approximate surface area is 178 Å². The Morgan fingerprint density at radius 1 is 1.10 bits per heavy atom. The zero-order valence-corrected chi connectivity index (χ0v) is 18.4. The van der Waals surface area contributed by atoms with Crippen molar-refractivity contribution < 1.29 is 22.3 Å². The molecule has 0 spiro atoms. The third kappa shape index (κ3) is 7.51. The smallest absolute Gasteiger partial charge is 0.243 e. The van der Waals surface area contributed by atoms with Gasteiger partial charge in [-0.2, -0.15) is 4.31 Å². The Hall–Kier alpha value is -2.29. The molecule has 0 atom stereocenters. The summed E-state index contributed by atoms with van der Waals surface area (Å²) in [6, 6.07) is 12.0. The molecule has 2 rings (SSSR count). The number of hydrogen-bond acceptors (Lipinski definition) is 4. The molecule has 0 unspecified atom stereocenters. The molecule has 0 radical (unpaired) electrons. The largest absolute Gasteiger partial charge is 0.379 e. The summed E-state index contributed by atoms with van der Waals surface area (Å²) >= 11 is 0. The number of nitrogens with one attached hydrogen (secondary N) is 1. The Kier molecular flexibility index (Phi) is 8.95. The summed E-state index contributed by atoms with van der Waals surface area (Å²) in [6.07, 6.45) is 0.749. The minimum absolute atomic E-state index is 0.0413. The molecule has 0 aliphatic carbocycles. The van der Waals surface area contributed by atoms with Crippen LogP contribution in [0.1, 0.15) is 31.4 Å². The number of sulfonamides is 1. The average Bonchev–Trinajstić information content (AvgIpc) is 2.69. The van der Waals surface area contributed by atoms with E-state index < -0.39 is 21.7 Å². The third-order valence-corrected chi connectivity index (χ3v) is 6.15. The van der Waals surface area contributed by atoms with Crippen molar-refractivity contribution in [2.24, 2.45) is 0 Å². The van der Waals surface area contributed by atoms with E-state index in [1.165, 1.54) is 36.4 Å². The van der Waals surface area contributed by atoms with Gasteiger partial charge in [0.1, 0.15) is 5.82 Å². The third-order valence-electron chi connectivity index (χ3n) is 4.35. The van der Waals surface area contributed by atoms with Gasteiger partial charge in [-0.3, -0.25) is 4.79 Å². The zero-order valence-electron chi connectivity index (χ0n) is 17.6. The molecule has 1 N–H and O–H groups in total. The van der Waals surface area contributed by atoms with E-state index in [9.17, 15) is 17.6 Å². The predicted octanol–water partition coefficient (Wildman–Crippen LogP) is 3.26. The first-order chi connectivity index (χ1) is 14.2. The highest BCUT2D eigenvalue weighted by Crippen LogP contribution is 2.19. The lowest BCUT2D eigenvalue weighted by molar-refractivity contribution is -0.121. The Morgan fingerprint density at radius 2 is 1.73 bits per heavy atom. The molecule has 0 saturated heterocycles. The summed E-state index contributed by atoms with van der Waals surface area (Å²) in [6.45, 7) is 6.26. The molecule has 30 heavy (non-hydrogen) atoms. The maximum absolute atomic E-state index is 13.2. The fourth-order valence-corrected chi connectivity index (χ4v) is 4.10. The molecular weight excluding hydrogens is 407 g/mol. The molecule has 0 heterocycles. The summed E-state index contributed by atoms with van der Waals surface area (Å²) in [5.74, 6) is -0.814. The Bertz CT molecular complexity index is 913. The van der Waals surface area contributed by atoms with Crippen LogP contribution in [0.15, 0.2) is 53.4 Å². The zero-order chi connectivity index (χ0) is 22.1. The molecule has 164 valence electrons. The van der Waals surface area contributed by atoms with Crippen molar-refractivity contribution in [3.05, 3.63) is 65.5 Å². The molecular formula is C22H29FN2O4S. The van der Waals surface area contributed by atoms with Crippen molar-refractivity contribution in [2.75, 3.05) is 19.7 Å². The maximum atomic E-state index is 13.2. The van der Waals surface area contributed by atoms with Crippen LogP contribution < -0.4 is 5.32 Å². The van der Waals surface area contributed by atoms with Crippen molar-refractivity contribution in [2.45, 2.75) is 44.7 Å². The molecule has 0 aliphatic rings. The summed E-state index contributed by atoms with van der Waals surface area (Å²) in [5.41, 5.74) is 1.52. The minimum Gasteiger partial charge on any atom is -0.379 e. The standard InChI is InChI=1S/C22H29FN2O4S/c1-17(2)29-14-4-13-24-22(26)16-25(15-19-7-9-20(23)10-8-19)30(27,28)21-11-5-18(3)6-12-21/h5-12,17H,4,13-16H2,1-3H3,(H,24,26). The van der Waals surface area contributed by atoms with Crippen LogP contribution in [-0.4, -0.2) is 44.4 Å². The van der Waals surface area contributed by atoms with E-state index in [4.69, 9.17) is 4.74 Å². The van der Waals surface area contributed by atoms with Crippen LogP contribution in [0.3, 0.4) is 0 Å². The highest BCUT2D eigenvalue weighted by Gasteiger charge is 2.26. The monoisotopic (exact) mass is 436 g/mol. The van der Waals surface area contributed by atoms with Gasteiger partial charge in [0.25, 0.3) is 0 Å². The average molecular weight is 437 g/mol. The van der Waals surface area contributed by atoms with Crippen LogP contribution in [0.25, 0.3) is 0 Å². The lowest BCUT2D eigenvalue weighted by Crippen LogP contribution is -2.40. The van der Waals surface area contributed by atoms with E-state index in [0.717, 1.165) is 9.87 Å². The van der Waals surface area contributed by atoms with Crippen LogP contribution >= 0.6 is 0 Å². The van der Waals surface area contributed by atoms with Crippen molar-refractivity contribution in [3.8, 4) is 0 Å². The summed E-state index contributed by atoms with van der Waals surface area (Å²) < 4.78 is 46.1. The van der Waals surface area contributed by atoms with Gasteiger partial charge in [-0.05, 0) is 57.0 Å². The molecule has 0 bridgehead atoms. The highest BCUT2D eigenvalue weighted by molar-refractivity contribution is 7.89. The van der Waals surface area contributed by atoms with E-state index in [-0.39, 0.29) is 24.1 Å². The SMILES string of the molecule is Cc1ccc(S(=O)(=O)N(CC(=O)NCCCOC(C)C)Cc2ccc(F)cc2)cc1. The van der Waals surface area contributed by atoms with Gasteiger partial charge in [0.05, 0.1) is 17.5 Å². The number of carbonyl (C=O) groups is 1. The van der Waals surface area contributed by atoms with Gasteiger partial charge in [0.2, 0.25) is 15.9 Å². The van der Waals surface area contributed by atoms with E-state index >= 15 is 0 Å². The van der Waals surface area contributed by atoms with Crippen LogP contribution in [0.5, 0.6) is 0 Å². The van der Waals surface area contributed by atoms with E-state index in [2.05, 4.69) is 5.32 Å². The second-order valence-electron chi connectivity index (χ2n) is 7.34. The molecule has 0 aliphatic heterocycles. The van der Waals surface area contributed by atoms with Gasteiger partial charge in [-0.1, -0.05) is 29.8 Å². The van der Waals surface area contributed by atoms with Crippen LogP contribution in [0.4, 0.5) is 4.39 Å². The number of ether oxygens (including phenoxy) is 1. The molecule has 0 aromatic heterocycles. The van der Waals surface area contributed by atoms with E-state index in [1.54, 1.807) is 12.1 Å². The van der Waals surface area contributed by atoms with Crippen molar-refractivity contribution in [1.82, 2.24) is 9.62 Å². The van der Waals surface area contributed by atoms with Crippen LogP contribution in [-0.2, 0) is 26.1 Å². The van der Waals surface area contributed by atoms with Crippen molar-refractivity contribution in [3.63, 3.8) is 0 Å². The van der Waals surface area contributed by atoms with Gasteiger partial charge in [-0.25, -0.2) is 12.8 Å². The summed E-state index contributed by atoms with van der Waals surface area (Å²) in [7, 11) is -3.91. The number of hydrogen-bond donors (Lipinski definition) is 1. The van der Waals surface area contributed by atoms with Crippen LogP contribution in [0, 0.1) is 12.7 Å². The number of halogens is 1. The first-order valence-corrected chi connectivity index (χ1v) is 11.3. The molecule has 0 fully saturated rings. The van der Waals surface area contributed by atoms with Gasteiger partial charge < -0.3 is 10.1 Å². The molecule has 8 heteroatoms. The molecule has 2 aromatic carbocycles. The van der Waals surface area contributed by atoms with Crippen molar-refractivity contribution >= 4 is 15.9 Å². The number of amides is 1. The van der Waals surface area contributed by atoms with Gasteiger partial charge in [-0.15, -0.1) is 0 Å². The molecule has 2 aromatic rings. The molecule has 1 amide bonds. The number of rotatable bonds is 11. The fourth-order valence-electron chi connectivity index (χ4n) is 2.71. The topological polar surface area (TPSA) is 75.7 Å². The maximum Gasteiger partial charge on any atom is 0.243 e. The summed E-state index contributed by atoms with van der Waals surface area (Å²) in [5, 5.41) is 2.73. The highest BCUT2D eigenvalue weighted by atomic mass is 32.2. The van der Waals surface area contributed by atoms with Gasteiger partial charge in [0, 0.05) is 19.7 Å². The fraction of sp³-hybridized carbons (Fsp3) is 0.409. The first kappa shape index (κ1) is 24.0. The number of carbonyl (C=O) groups excluding carboxylic acids is 1. The quantitative estimate of drug-likeness (QED) is 0.549. The van der Waals surface area contributed by atoms with Gasteiger partial charge >= 0.3 is 0 Å².